The van der Waals surface area contributed by atoms with Gasteiger partial charge in [0.05, 0.1) is 0 Å². The molecule has 0 aromatic heterocycles. The van der Waals surface area contributed by atoms with Gasteiger partial charge >= 0.3 is 0 Å². The van der Waals surface area contributed by atoms with Crippen LogP contribution in [-0.4, -0.2) is 18.9 Å². The van der Waals surface area contributed by atoms with Crippen molar-refractivity contribution in [2.45, 2.75) is 6.04 Å². The zero-order chi connectivity index (χ0) is 12.5. The lowest BCUT2D eigenvalue weighted by Crippen LogP contribution is -2.24. The van der Waals surface area contributed by atoms with Gasteiger partial charge in [0.25, 0.3) is 5.91 Å². The van der Waals surface area contributed by atoms with Gasteiger partial charge in [-0.05, 0) is 22.4 Å². The highest BCUT2D eigenvalue weighted by Crippen LogP contribution is 2.22. The van der Waals surface area contributed by atoms with Crippen LogP contribution >= 0.6 is 0 Å². The average Bonchev–Trinajstić information content (AvgIpc) is 2.79. The zero-order valence-electron chi connectivity index (χ0n) is 9.97. The van der Waals surface area contributed by atoms with E-state index in [1.165, 1.54) is 5.39 Å². The molecule has 1 amide bonds. The Labute approximate surface area is 105 Å². The molecule has 90 valence electrons. The monoisotopic (exact) mass is 239 g/mol. The van der Waals surface area contributed by atoms with Crippen molar-refractivity contribution in [3.63, 3.8) is 0 Å². The summed E-state index contributed by atoms with van der Waals surface area (Å²) in [4.78, 5) is 15.8. The van der Waals surface area contributed by atoms with E-state index in [1.807, 2.05) is 36.4 Å². The fourth-order valence-corrected chi connectivity index (χ4v) is 2.17. The third-order valence-corrected chi connectivity index (χ3v) is 3.12. The van der Waals surface area contributed by atoms with Crippen LogP contribution in [-0.2, 0) is 4.79 Å². The van der Waals surface area contributed by atoms with Gasteiger partial charge in [-0.2, -0.15) is 0 Å². The van der Waals surface area contributed by atoms with Crippen LogP contribution in [0.25, 0.3) is 10.8 Å². The fourth-order valence-electron chi connectivity index (χ4n) is 2.17. The van der Waals surface area contributed by atoms with Crippen molar-refractivity contribution in [3.8, 4) is 0 Å². The van der Waals surface area contributed by atoms with E-state index in [0.29, 0.717) is 5.96 Å². The van der Waals surface area contributed by atoms with E-state index >= 15 is 0 Å². The normalized spacial score (nSPS) is 21.1. The molecule has 1 unspecified atom stereocenters. The summed E-state index contributed by atoms with van der Waals surface area (Å²) in [5.41, 5.74) is 0.949. The minimum atomic E-state index is -0.353. The van der Waals surface area contributed by atoms with Crippen LogP contribution in [0.4, 0.5) is 0 Å². The molecule has 0 spiro atoms. The van der Waals surface area contributed by atoms with Crippen molar-refractivity contribution >= 4 is 22.6 Å². The van der Waals surface area contributed by atoms with Crippen LogP contribution < -0.4 is 10.6 Å². The van der Waals surface area contributed by atoms with Crippen molar-refractivity contribution in [2.75, 3.05) is 7.05 Å². The van der Waals surface area contributed by atoms with E-state index in [9.17, 15) is 4.79 Å². The van der Waals surface area contributed by atoms with Crippen molar-refractivity contribution in [3.05, 3.63) is 48.0 Å². The summed E-state index contributed by atoms with van der Waals surface area (Å²) in [6.07, 6.45) is 0. The summed E-state index contributed by atoms with van der Waals surface area (Å²) in [6.45, 7) is 0. The number of hydrogen-bond donors (Lipinski definition) is 2. The molecule has 2 aromatic carbocycles. The van der Waals surface area contributed by atoms with Gasteiger partial charge in [0.1, 0.15) is 6.04 Å². The molecule has 18 heavy (non-hydrogen) atoms. The van der Waals surface area contributed by atoms with Gasteiger partial charge in [0, 0.05) is 7.05 Å². The van der Waals surface area contributed by atoms with Gasteiger partial charge in [0.2, 0.25) is 0 Å². The van der Waals surface area contributed by atoms with Crippen LogP contribution in [0.5, 0.6) is 0 Å². The van der Waals surface area contributed by atoms with Gasteiger partial charge < -0.3 is 5.32 Å². The highest BCUT2D eigenvalue weighted by atomic mass is 16.2. The fraction of sp³-hybridized carbons (Fsp3) is 0.143. The van der Waals surface area contributed by atoms with Gasteiger partial charge in [-0.15, -0.1) is 0 Å². The number of amides is 1. The number of carbonyl (C=O) groups excluding carboxylic acids is 1. The molecule has 2 N–H and O–H groups in total. The predicted molar refractivity (Wildman–Crippen MR) is 71.3 cm³/mol. The van der Waals surface area contributed by atoms with E-state index in [-0.39, 0.29) is 11.9 Å². The summed E-state index contributed by atoms with van der Waals surface area (Å²) in [6, 6.07) is 13.8. The maximum atomic E-state index is 11.8. The lowest BCUT2D eigenvalue weighted by atomic mass is 10.0. The summed E-state index contributed by atoms with van der Waals surface area (Å²) in [5, 5.41) is 8.06. The SMILES string of the molecule is CN=C1NC(=O)C(c2ccc3ccccc3c2)N1. The summed E-state index contributed by atoms with van der Waals surface area (Å²) in [5.74, 6) is 0.462. The minimum Gasteiger partial charge on any atom is -0.340 e. The largest absolute Gasteiger partial charge is 0.340 e. The molecule has 1 saturated heterocycles. The first-order valence-electron chi connectivity index (χ1n) is 5.81. The zero-order valence-corrected chi connectivity index (χ0v) is 9.97. The Morgan fingerprint density at radius 3 is 2.61 bits per heavy atom. The van der Waals surface area contributed by atoms with Crippen molar-refractivity contribution in [2.24, 2.45) is 4.99 Å². The number of fused-ring (bicyclic) bond motifs is 1. The molecule has 1 heterocycles. The number of guanidine groups is 1. The molecule has 1 atom stereocenters. The smallest absolute Gasteiger partial charge is 0.253 e. The van der Waals surface area contributed by atoms with E-state index in [2.05, 4.69) is 21.7 Å². The molecule has 0 bridgehead atoms. The Hall–Kier alpha value is -2.36. The van der Waals surface area contributed by atoms with Gasteiger partial charge in [-0.25, -0.2) is 0 Å². The predicted octanol–water partition coefficient (Wildman–Crippen LogP) is 1.59. The molecule has 2 aromatic rings. The number of nitrogens with one attached hydrogen (secondary N) is 2. The number of rotatable bonds is 1. The third kappa shape index (κ3) is 1.72. The maximum absolute atomic E-state index is 11.8. The first-order valence-corrected chi connectivity index (χ1v) is 5.81. The van der Waals surface area contributed by atoms with Crippen molar-refractivity contribution in [1.82, 2.24) is 10.6 Å². The number of carbonyl (C=O) groups is 1. The molecular weight excluding hydrogens is 226 g/mol. The summed E-state index contributed by atoms with van der Waals surface area (Å²) < 4.78 is 0. The van der Waals surface area contributed by atoms with Gasteiger partial charge in [-0.3, -0.25) is 15.1 Å². The molecule has 0 radical (unpaired) electrons. The molecule has 3 rings (SSSR count). The molecule has 4 heteroatoms. The van der Waals surface area contributed by atoms with E-state index in [1.54, 1.807) is 7.05 Å². The molecular formula is C14H13N3O. The Bertz CT molecular complexity index is 648. The van der Waals surface area contributed by atoms with Crippen LogP contribution in [0.1, 0.15) is 11.6 Å². The molecule has 0 saturated carbocycles. The lowest BCUT2D eigenvalue weighted by Gasteiger charge is -2.09. The highest BCUT2D eigenvalue weighted by Gasteiger charge is 2.29. The second-order valence-corrected chi connectivity index (χ2v) is 4.25. The summed E-state index contributed by atoms with van der Waals surface area (Å²) >= 11 is 0. The second-order valence-electron chi connectivity index (χ2n) is 4.25. The van der Waals surface area contributed by atoms with Gasteiger partial charge in [0.15, 0.2) is 5.96 Å². The second kappa shape index (κ2) is 4.14. The number of nitrogens with zero attached hydrogens (tertiary/aromatic N) is 1. The molecule has 1 aliphatic heterocycles. The Kier molecular flexibility index (Phi) is 2.48. The van der Waals surface area contributed by atoms with Crippen molar-refractivity contribution in [1.29, 1.82) is 0 Å². The number of hydrogen-bond acceptors (Lipinski definition) is 2. The van der Waals surface area contributed by atoms with E-state index < -0.39 is 0 Å². The Balaban J connectivity index is 2.02. The number of benzene rings is 2. The molecule has 1 aliphatic rings. The highest BCUT2D eigenvalue weighted by molar-refractivity contribution is 6.07. The first-order chi connectivity index (χ1) is 8.78. The van der Waals surface area contributed by atoms with Crippen LogP contribution in [0.3, 0.4) is 0 Å². The number of aliphatic imine (C=N–C) groups is 1. The van der Waals surface area contributed by atoms with E-state index in [4.69, 9.17) is 0 Å². The summed E-state index contributed by atoms with van der Waals surface area (Å²) in [7, 11) is 1.64. The van der Waals surface area contributed by atoms with Crippen LogP contribution in [0, 0.1) is 0 Å². The van der Waals surface area contributed by atoms with Crippen LogP contribution in [0.2, 0.25) is 0 Å². The van der Waals surface area contributed by atoms with Crippen molar-refractivity contribution < 1.29 is 4.79 Å². The standard InChI is InChI=1S/C14H13N3O/c1-15-14-16-12(13(18)17-14)11-7-6-9-4-2-3-5-10(9)8-11/h2-8,12H,1H3,(H2,15,16,17,18). The quantitative estimate of drug-likeness (QED) is 0.794. The van der Waals surface area contributed by atoms with Crippen LogP contribution in [0.15, 0.2) is 47.5 Å². The first kappa shape index (κ1) is 10.8. The van der Waals surface area contributed by atoms with E-state index in [0.717, 1.165) is 10.9 Å². The molecule has 4 nitrogen and oxygen atoms in total. The van der Waals surface area contributed by atoms with Gasteiger partial charge in [-0.1, -0.05) is 36.4 Å². The average molecular weight is 239 g/mol. The third-order valence-electron chi connectivity index (χ3n) is 3.12. The molecule has 0 aliphatic carbocycles. The Morgan fingerprint density at radius 2 is 1.89 bits per heavy atom. The topological polar surface area (TPSA) is 53.5 Å². The Morgan fingerprint density at radius 1 is 1.11 bits per heavy atom. The molecule has 1 fully saturated rings. The maximum Gasteiger partial charge on any atom is 0.253 e. The lowest BCUT2D eigenvalue weighted by molar-refractivity contribution is -0.120. The minimum absolute atomic E-state index is 0.0640.